The lowest BCUT2D eigenvalue weighted by Crippen LogP contribution is -2.27. The lowest BCUT2D eigenvalue weighted by Gasteiger charge is -2.17. The van der Waals surface area contributed by atoms with Crippen LogP contribution < -0.4 is 5.32 Å². The highest BCUT2D eigenvalue weighted by Crippen LogP contribution is 2.28. The van der Waals surface area contributed by atoms with Crippen LogP contribution in [-0.4, -0.2) is 53.3 Å². The van der Waals surface area contributed by atoms with Gasteiger partial charge in [0.05, 0.1) is 23.6 Å². The number of aryl methyl sites for hydroxylation is 1. The lowest BCUT2D eigenvalue weighted by atomic mass is 9.98. The molecule has 0 unspecified atom stereocenters. The maximum absolute atomic E-state index is 12.9. The number of carbonyl (C=O) groups is 2. The average Bonchev–Trinajstić information content (AvgIpc) is 3.66. The molecule has 1 aliphatic rings. The molecule has 0 radical (unpaired) electrons. The molecule has 3 N–H and O–H groups in total. The number of nitrogens with one attached hydrogen (secondary N) is 2. The van der Waals surface area contributed by atoms with E-state index in [0.29, 0.717) is 5.02 Å². The van der Waals surface area contributed by atoms with E-state index in [1.807, 2.05) is 12.3 Å². The number of fused-ring (bicyclic) bond motifs is 4. The number of H-pyrrole nitrogens is 1. The molecule has 0 saturated heterocycles. The summed E-state index contributed by atoms with van der Waals surface area (Å²) in [5.41, 5.74) is 4.94. The number of aliphatic carboxylic acids is 1. The first kappa shape index (κ1) is 30.4. The predicted molar refractivity (Wildman–Crippen MR) is 149 cm³/mol. The molecule has 14 heteroatoms. The van der Waals surface area contributed by atoms with Gasteiger partial charge in [-0.05, 0) is 59.5 Å². The number of amides is 1. The summed E-state index contributed by atoms with van der Waals surface area (Å²) in [6.07, 6.45) is 7.85. The summed E-state index contributed by atoms with van der Waals surface area (Å²) in [7, 11) is 0. The van der Waals surface area contributed by atoms with Crippen LogP contribution in [0.25, 0.3) is 23.0 Å². The van der Waals surface area contributed by atoms with Gasteiger partial charge in [-0.25, -0.2) is 9.78 Å². The summed E-state index contributed by atoms with van der Waals surface area (Å²) >= 11 is 6.19. The smallest absolute Gasteiger partial charge is 0.475 e. The number of carbonyl (C=O) groups excluding carboxylic acids is 1. The Morgan fingerprint density at radius 1 is 1.12 bits per heavy atom. The number of aromatic nitrogens is 6. The third kappa shape index (κ3) is 8.26. The molecular weight excluding hydrogens is 575 g/mol. The fourth-order valence-electron chi connectivity index (χ4n) is 4.47. The highest BCUT2D eigenvalue weighted by atomic mass is 35.5. The maximum Gasteiger partial charge on any atom is 0.490 e. The number of rotatable bonds is 4. The minimum Gasteiger partial charge on any atom is -0.475 e. The van der Waals surface area contributed by atoms with E-state index in [2.05, 4.69) is 55.1 Å². The van der Waals surface area contributed by atoms with Crippen molar-refractivity contribution in [3.8, 4) is 16.9 Å². The van der Waals surface area contributed by atoms with E-state index in [4.69, 9.17) is 21.5 Å². The highest BCUT2D eigenvalue weighted by molar-refractivity contribution is 6.30. The number of alkyl halides is 3. The van der Waals surface area contributed by atoms with Gasteiger partial charge in [0.25, 0.3) is 0 Å². The van der Waals surface area contributed by atoms with Gasteiger partial charge >= 0.3 is 12.1 Å². The SMILES string of the molecule is O=C(/C=C/c1cc(Cl)ccc1-n1cnnn1)N[C@H]1CCCCCCc2ccccc2-c2cnc1[nH]2.O=C(O)C(F)(F)F. The summed E-state index contributed by atoms with van der Waals surface area (Å²) in [6, 6.07) is 13.6. The molecule has 2 bridgehead atoms. The van der Waals surface area contributed by atoms with Gasteiger partial charge in [-0.1, -0.05) is 55.1 Å². The van der Waals surface area contributed by atoms with Crippen molar-refractivity contribution < 1.29 is 27.9 Å². The Balaban J connectivity index is 0.000000517. The van der Waals surface area contributed by atoms with Gasteiger partial charge < -0.3 is 15.4 Å². The van der Waals surface area contributed by atoms with Crippen LogP contribution in [0.4, 0.5) is 13.2 Å². The van der Waals surface area contributed by atoms with Gasteiger partial charge in [0.1, 0.15) is 12.2 Å². The second-order valence-electron chi connectivity index (χ2n) is 9.45. The number of halogens is 4. The molecule has 0 fully saturated rings. The van der Waals surface area contributed by atoms with Crippen LogP contribution in [0.15, 0.2) is 61.1 Å². The van der Waals surface area contributed by atoms with Gasteiger partial charge in [0, 0.05) is 22.2 Å². The summed E-state index contributed by atoms with van der Waals surface area (Å²) in [5.74, 6) is -2.19. The number of benzene rings is 2. The van der Waals surface area contributed by atoms with E-state index in [0.717, 1.165) is 54.9 Å². The zero-order chi connectivity index (χ0) is 30.1. The van der Waals surface area contributed by atoms with Crippen LogP contribution in [-0.2, 0) is 16.0 Å². The third-order valence-corrected chi connectivity index (χ3v) is 6.72. The monoisotopic (exact) mass is 601 g/mol. The number of nitrogens with zero attached hydrogens (tertiary/aromatic N) is 5. The topological polar surface area (TPSA) is 139 Å². The molecule has 0 aliphatic carbocycles. The Labute approximate surface area is 243 Å². The van der Waals surface area contributed by atoms with Crippen molar-refractivity contribution in [2.45, 2.75) is 50.7 Å². The molecule has 5 rings (SSSR count). The van der Waals surface area contributed by atoms with Crippen LogP contribution in [0.1, 0.15) is 55.1 Å². The molecule has 3 heterocycles. The van der Waals surface area contributed by atoms with E-state index in [-0.39, 0.29) is 11.9 Å². The van der Waals surface area contributed by atoms with Crippen molar-refractivity contribution in [1.82, 2.24) is 35.5 Å². The Kier molecular flexibility index (Phi) is 10.1. The molecule has 0 saturated carbocycles. The van der Waals surface area contributed by atoms with Gasteiger partial charge in [-0.15, -0.1) is 5.10 Å². The third-order valence-electron chi connectivity index (χ3n) is 6.48. The molecule has 4 aromatic rings. The van der Waals surface area contributed by atoms with E-state index in [9.17, 15) is 18.0 Å². The number of carboxylic acids is 1. The summed E-state index contributed by atoms with van der Waals surface area (Å²) < 4.78 is 33.3. The maximum atomic E-state index is 12.9. The molecule has 1 aliphatic heterocycles. The van der Waals surface area contributed by atoms with Gasteiger partial charge in [0.15, 0.2) is 0 Å². The standard InChI is InChI=1S/C26H26ClN7O.C2HF3O2/c27-20-12-13-24(34-17-29-32-33-34)19(15-20)11-14-25(35)30-22-10-4-2-1-3-7-18-8-5-6-9-21(18)23-16-28-26(22)31-23;3-2(4,5)1(6)7/h5-6,8-9,11-17,22H,1-4,7,10H2,(H,28,31)(H,30,35);(H,6,7)/b14-11+;/t22-;/m0./s1. The average molecular weight is 602 g/mol. The number of tetrazole rings is 1. The van der Waals surface area contributed by atoms with Crippen LogP contribution in [0.5, 0.6) is 0 Å². The second kappa shape index (κ2) is 13.9. The first-order valence-corrected chi connectivity index (χ1v) is 13.4. The summed E-state index contributed by atoms with van der Waals surface area (Å²) in [6.45, 7) is 0. The first-order valence-electron chi connectivity index (χ1n) is 13.1. The normalized spacial score (nSPS) is 15.5. The minimum absolute atomic E-state index is 0.203. The Bertz CT molecular complexity index is 1540. The Morgan fingerprint density at radius 2 is 1.88 bits per heavy atom. The number of carboxylic acid groups (broad SMARTS) is 1. The Hall–Kier alpha value is -4.52. The zero-order valence-electron chi connectivity index (χ0n) is 22.2. The molecule has 1 amide bonds. The van der Waals surface area contributed by atoms with Crippen LogP contribution in [0.3, 0.4) is 0 Å². The quantitative estimate of drug-likeness (QED) is 0.254. The van der Waals surface area contributed by atoms with Crippen LogP contribution in [0, 0.1) is 0 Å². The van der Waals surface area contributed by atoms with Crippen molar-refractivity contribution in [3.63, 3.8) is 0 Å². The molecule has 220 valence electrons. The molecule has 0 spiro atoms. The number of hydrogen-bond acceptors (Lipinski definition) is 6. The molecule has 1 atom stereocenters. The first-order chi connectivity index (χ1) is 20.1. The van der Waals surface area contributed by atoms with Crippen LogP contribution >= 0.6 is 11.6 Å². The molecule has 2 aromatic carbocycles. The van der Waals surface area contributed by atoms with Crippen LogP contribution in [0.2, 0.25) is 5.02 Å². The summed E-state index contributed by atoms with van der Waals surface area (Å²) in [4.78, 5) is 29.9. The minimum atomic E-state index is -5.08. The predicted octanol–water partition coefficient (Wildman–Crippen LogP) is 5.72. The van der Waals surface area contributed by atoms with Crippen molar-refractivity contribution >= 4 is 29.6 Å². The van der Waals surface area contributed by atoms with E-state index >= 15 is 0 Å². The van der Waals surface area contributed by atoms with Gasteiger partial charge in [0.2, 0.25) is 5.91 Å². The van der Waals surface area contributed by atoms with Crippen molar-refractivity contribution in [1.29, 1.82) is 0 Å². The number of imidazole rings is 1. The fraction of sp³-hybridized carbons (Fsp3) is 0.286. The zero-order valence-corrected chi connectivity index (χ0v) is 22.9. The Morgan fingerprint density at radius 3 is 2.62 bits per heavy atom. The van der Waals surface area contributed by atoms with Gasteiger partial charge in [-0.3, -0.25) is 4.79 Å². The fourth-order valence-corrected chi connectivity index (χ4v) is 4.65. The van der Waals surface area contributed by atoms with E-state index in [1.54, 1.807) is 18.2 Å². The number of hydrogen-bond donors (Lipinski definition) is 3. The molecular formula is C28H27ClF3N7O3. The molecule has 42 heavy (non-hydrogen) atoms. The highest BCUT2D eigenvalue weighted by Gasteiger charge is 2.38. The lowest BCUT2D eigenvalue weighted by molar-refractivity contribution is -0.192. The van der Waals surface area contributed by atoms with Crippen molar-refractivity contribution in [3.05, 3.63) is 83.0 Å². The van der Waals surface area contributed by atoms with Crippen molar-refractivity contribution in [2.24, 2.45) is 0 Å². The molecule has 2 aromatic heterocycles. The number of aromatic amines is 1. The van der Waals surface area contributed by atoms with E-state index in [1.165, 1.54) is 34.6 Å². The molecule has 10 nitrogen and oxygen atoms in total. The van der Waals surface area contributed by atoms with Gasteiger partial charge in [-0.2, -0.15) is 17.9 Å². The largest absolute Gasteiger partial charge is 0.490 e. The van der Waals surface area contributed by atoms with Crippen molar-refractivity contribution in [2.75, 3.05) is 0 Å². The summed E-state index contributed by atoms with van der Waals surface area (Å²) in [5, 5.41) is 22.1. The van der Waals surface area contributed by atoms with E-state index < -0.39 is 12.1 Å². The second-order valence-corrected chi connectivity index (χ2v) is 9.88.